The first-order valence-electron chi connectivity index (χ1n) is 7.72. The standard InChI is InChI=1S/C18H24ClNO3/c1-12(2)11-16(18(22)23-13(3)4)20-17(21)10-7-14-5-8-15(19)9-6-14/h5-10,12-13,16H,11H2,1-4H3,(H,20,21)/b10-7+/t16-/m1/s1. The number of hydrogen-bond acceptors (Lipinski definition) is 3. The molecule has 0 saturated heterocycles. The molecule has 1 atom stereocenters. The Kier molecular flexibility index (Phi) is 7.83. The first-order valence-corrected chi connectivity index (χ1v) is 8.10. The molecule has 0 aliphatic carbocycles. The van der Waals surface area contributed by atoms with Crippen LogP contribution in [0.3, 0.4) is 0 Å². The van der Waals surface area contributed by atoms with Crippen LogP contribution in [0, 0.1) is 5.92 Å². The van der Waals surface area contributed by atoms with Gasteiger partial charge in [0.05, 0.1) is 6.10 Å². The predicted octanol–water partition coefficient (Wildman–Crippen LogP) is 3.84. The van der Waals surface area contributed by atoms with E-state index in [1.54, 1.807) is 32.1 Å². The van der Waals surface area contributed by atoms with Gasteiger partial charge in [-0.3, -0.25) is 4.79 Å². The third-order valence-corrected chi connectivity index (χ3v) is 3.21. The van der Waals surface area contributed by atoms with Crippen LogP contribution in [0.2, 0.25) is 5.02 Å². The highest BCUT2D eigenvalue weighted by atomic mass is 35.5. The summed E-state index contributed by atoms with van der Waals surface area (Å²) in [4.78, 5) is 24.1. The summed E-state index contributed by atoms with van der Waals surface area (Å²) in [6.07, 6.45) is 3.40. The highest BCUT2D eigenvalue weighted by molar-refractivity contribution is 6.30. The zero-order chi connectivity index (χ0) is 17.4. The summed E-state index contributed by atoms with van der Waals surface area (Å²) in [5.74, 6) is -0.464. The Balaban J connectivity index is 2.68. The molecule has 0 aliphatic rings. The lowest BCUT2D eigenvalue weighted by Crippen LogP contribution is -2.42. The van der Waals surface area contributed by atoms with Crippen LogP contribution < -0.4 is 5.32 Å². The van der Waals surface area contributed by atoms with Crippen LogP contribution in [0.4, 0.5) is 0 Å². The second-order valence-electron chi connectivity index (χ2n) is 6.06. The van der Waals surface area contributed by atoms with Gasteiger partial charge in [0.25, 0.3) is 0 Å². The van der Waals surface area contributed by atoms with Gasteiger partial charge in [0.2, 0.25) is 5.91 Å². The van der Waals surface area contributed by atoms with Crippen LogP contribution in [0.5, 0.6) is 0 Å². The van der Waals surface area contributed by atoms with Crippen molar-refractivity contribution in [2.24, 2.45) is 5.92 Å². The van der Waals surface area contributed by atoms with E-state index in [0.717, 1.165) is 5.56 Å². The summed E-state index contributed by atoms with van der Waals surface area (Å²) in [5.41, 5.74) is 0.856. The minimum Gasteiger partial charge on any atom is -0.461 e. The molecule has 0 heterocycles. The third-order valence-electron chi connectivity index (χ3n) is 2.96. The van der Waals surface area contributed by atoms with Crippen LogP contribution in [0.25, 0.3) is 6.08 Å². The average Bonchev–Trinajstić information content (AvgIpc) is 2.44. The molecule has 0 spiro atoms. The van der Waals surface area contributed by atoms with Crippen molar-refractivity contribution in [1.82, 2.24) is 5.32 Å². The lowest BCUT2D eigenvalue weighted by atomic mass is 10.0. The zero-order valence-corrected chi connectivity index (χ0v) is 14.8. The normalized spacial score (nSPS) is 12.7. The Morgan fingerprint density at radius 3 is 2.30 bits per heavy atom. The Labute approximate surface area is 142 Å². The molecular formula is C18H24ClNO3. The van der Waals surface area contributed by atoms with E-state index in [9.17, 15) is 9.59 Å². The minimum atomic E-state index is -0.639. The van der Waals surface area contributed by atoms with Gasteiger partial charge in [-0.25, -0.2) is 4.79 Å². The summed E-state index contributed by atoms with van der Waals surface area (Å²) in [6, 6.07) is 6.48. The fourth-order valence-electron chi connectivity index (χ4n) is 1.97. The fourth-order valence-corrected chi connectivity index (χ4v) is 2.09. The molecule has 1 amide bonds. The fraction of sp³-hybridized carbons (Fsp3) is 0.444. The second-order valence-corrected chi connectivity index (χ2v) is 6.50. The van der Waals surface area contributed by atoms with E-state index >= 15 is 0 Å². The predicted molar refractivity (Wildman–Crippen MR) is 93.1 cm³/mol. The van der Waals surface area contributed by atoms with Gasteiger partial charge in [0, 0.05) is 11.1 Å². The first-order chi connectivity index (χ1) is 10.8. The van der Waals surface area contributed by atoms with Gasteiger partial charge >= 0.3 is 5.97 Å². The monoisotopic (exact) mass is 337 g/mol. The molecule has 1 aromatic carbocycles. The highest BCUT2D eigenvalue weighted by Gasteiger charge is 2.23. The van der Waals surface area contributed by atoms with E-state index in [-0.39, 0.29) is 17.9 Å². The van der Waals surface area contributed by atoms with Crippen molar-refractivity contribution in [3.8, 4) is 0 Å². The molecule has 0 radical (unpaired) electrons. The van der Waals surface area contributed by atoms with Gasteiger partial charge in [-0.2, -0.15) is 0 Å². The van der Waals surface area contributed by atoms with E-state index in [2.05, 4.69) is 5.32 Å². The van der Waals surface area contributed by atoms with Gasteiger partial charge in [-0.1, -0.05) is 37.6 Å². The molecular weight excluding hydrogens is 314 g/mol. The largest absolute Gasteiger partial charge is 0.461 e. The number of benzene rings is 1. The third kappa shape index (κ3) is 7.84. The molecule has 0 saturated carbocycles. The van der Waals surface area contributed by atoms with Crippen molar-refractivity contribution >= 4 is 29.6 Å². The second kappa shape index (κ2) is 9.36. The SMILES string of the molecule is CC(C)C[C@@H](NC(=O)/C=C/c1ccc(Cl)cc1)C(=O)OC(C)C. The smallest absolute Gasteiger partial charge is 0.328 e. The molecule has 1 N–H and O–H groups in total. The molecule has 5 heteroatoms. The van der Waals surface area contributed by atoms with Gasteiger partial charge in [-0.05, 0) is 50.0 Å². The number of carbonyl (C=O) groups is 2. The minimum absolute atomic E-state index is 0.210. The van der Waals surface area contributed by atoms with Crippen LogP contribution >= 0.6 is 11.6 Å². The number of ether oxygens (including phenoxy) is 1. The van der Waals surface area contributed by atoms with E-state index < -0.39 is 12.0 Å². The Hall–Kier alpha value is -1.81. The van der Waals surface area contributed by atoms with E-state index in [1.807, 2.05) is 26.0 Å². The Morgan fingerprint density at radius 2 is 1.78 bits per heavy atom. The van der Waals surface area contributed by atoms with Gasteiger partial charge in [-0.15, -0.1) is 0 Å². The van der Waals surface area contributed by atoms with Crippen LogP contribution in [-0.4, -0.2) is 24.0 Å². The maximum Gasteiger partial charge on any atom is 0.328 e. The van der Waals surface area contributed by atoms with Crippen LogP contribution in [-0.2, 0) is 14.3 Å². The first kappa shape index (κ1) is 19.2. The summed E-state index contributed by atoms with van der Waals surface area (Å²) >= 11 is 5.81. The van der Waals surface area contributed by atoms with Gasteiger partial charge in [0.1, 0.15) is 6.04 Å². The maximum absolute atomic E-state index is 12.1. The van der Waals surface area contributed by atoms with Crippen LogP contribution in [0.1, 0.15) is 39.7 Å². The summed E-state index contributed by atoms with van der Waals surface area (Å²) < 4.78 is 5.20. The molecule has 0 fully saturated rings. The summed E-state index contributed by atoms with van der Waals surface area (Å²) in [7, 11) is 0. The molecule has 0 bridgehead atoms. The van der Waals surface area contributed by atoms with E-state index in [1.165, 1.54) is 6.08 Å². The topological polar surface area (TPSA) is 55.4 Å². The molecule has 1 aromatic rings. The van der Waals surface area contributed by atoms with Gasteiger partial charge in [0.15, 0.2) is 0 Å². The number of rotatable bonds is 7. The van der Waals surface area contributed by atoms with E-state index in [4.69, 9.17) is 16.3 Å². The lowest BCUT2D eigenvalue weighted by Gasteiger charge is -2.20. The Bertz CT molecular complexity index is 550. The number of halogens is 1. The number of carbonyl (C=O) groups excluding carboxylic acids is 2. The Morgan fingerprint density at radius 1 is 1.17 bits per heavy atom. The van der Waals surface area contributed by atoms with E-state index in [0.29, 0.717) is 11.4 Å². The number of nitrogens with one attached hydrogen (secondary N) is 1. The molecule has 0 aromatic heterocycles. The lowest BCUT2D eigenvalue weighted by molar-refractivity contribution is -0.151. The van der Waals surface area contributed by atoms with Crippen LogP contribution in [0.15, 0.2) is 30.3 Å². The van der Waals surface area contributed by atoms with Gasteiger partial charge < -0.3 is 10.1 Å². The molecule has 4 nitrogen and oxygen atoms in total. The van der Waals surface area contributed by atoms with Crippen molar-refractivity contribution in [3.05, 3.63) is 40.9 Å². The number of esters is 1. The summed E-state index contributed by atoms with van der Waals surface area (Å²) in [5, 5.41) is 3.35. The van der Waals surface area contributed by atoms with Crippen molar-refractivity contribution < 1.29 is 14.3 Å². The quantitative estimate of drug-likeness (QED) is 0.607. The molecule has 1 rings (SSSR count). The molecule has 0 aliphatic heterocycles. The molecule has 0 unspecified atom stereocenters. The average molecular weight is 338 g/mol. The number of hydrogen-bond donors (Lipinski definition) is 1. The van der Waals surface area contributed by atoms with Crippen molar-refractivity contribution in [2.45, 2.75) is 46.3 Å². The zero-order valence-electron chi connectivity index (χ0n) is 14.0. The highest BCUT2D eigenvalue weighted by Crippen LogP contribution is 2.11. The molecule has 126 valence electrons. The van der Waals surface area contributed by atoms with Crippen molar-refractivity contribution in [1.29, 1.82) is 0 Å². The molecule has 23 heavy (non-hydrogen) atoms. The summed E-state index contributed by atoms with van der Waals surface area (Å²) in [6.45, 7) is 7.55. The van der Waals surface area contributed by atoms with Crippen molar-refractivity contribution in [3.63, 3.8) is 0 Å². The number of amides is 1. The maximum atomic E-state index is 12.1. The van der Waals surface area contributed by atoms with Crippen molar-refractivity contribution in [2.75, 3.05) is 0 Å².